The molecule has 0 aromatic carbocycles. The Hall–Kier alpha value is 0.0969. The summed E-state index contributed by atoms with van der Waals surface area (Å²) in [6.45, 7) is 2.99. The van der Waals surface area contributed by atoms with Gasteiger partial charge in [0.05, 0.1) is 0 Å². The zero-order valence-corrected chi connectivity index (χ0v) is 9.13. The molecule has 0 spiro atoms. The largest absolute Gasteiger partial charge is 0.412 e. The molecule has 0 heterocycles. The highest BCUT2D eigenvalue weighted by Gasteiger charge is 2.06. The van der Waals surface area contributed by atoms with Crippen LogP contribution in [0.2, 0.25) is 0 Å². The molecule has 2 radical (unpaired) electrons. The summed E-state index contributed by atoms with van der Waals surface area (Å²) in [5, 5.41) is 0. The molecule has 0 atom stereocenters. The molecule has 0 aromatic heterocycles. The summed E-state index contributed by atoms with van der Waals surface area (Å²) in [5.41, 5.74) is 0. The first kappa shape index (κ1) is 12.1. The summed E-state index contributed by atoms with van der Waals surface area (Å²) in [7, 11) is 3.53. The van der Waals surface area contributed by atoms with Crippen LogP contribution in [0.3, 0.4) is 0 Å². The summed E-state index contributed by atoms with van der Waals surface area (Å²) in [4.78, 5) is 0. The van der Waals surface area contributed by atoms with Crippen LogP contribution in [0.15, 0.2) is 0 Å². The Morgan fingerprint density at radius 3 is 2.33 bits per heavy atom. The van der Waals surface area contributed by atoms with Crippen molar-refractivity contribution in [3.05, 3.63) is 0 Å². The fourth-order valence-corrected chi connectivity index (χ4v) is 1.33. The fourth-order valence-electron chi connectivity index (χ4n) is 0.744. The molecule has 0 aromatic rings. The normalized spacial score (nSPS) is 11.0. The van der Waals surface area contributed by atoms with E-state index >= 15 is 0 Å². The summed E-state index contributed by atoms with van der Waals surface area (Å²) >= 11 is 0. The Bertz CT molecular complexity index is 86.4. The maximum absolute atomic E-state index is 5.36. The molecule has 0 bridgehead atoms. The highest BCUT2D eigenvalue weighted by molar-refractivity contribution is 6.28. The lowest BCUT2D eigenvalue weighted by Gasteiger charge is -2.11. The second-order valence-electron chi connectivity index (χ2n) is 2.48. The molecule has 72 valence electrons. The van der Waals surface area contributed by atoms with E-state index in [1.807, 2.05) is 0 Å². The van der Waals surface area contributed by atoms with Crippen molar-refractivity contribution < 1.29 is 13.9 Å². The molecule has 0 fully saturated rings. The van der Waals surface area contributed by atoms with Gasteiger partial charge in [-0.05, 0) is 6.42 Å². The van der Waals surface area contributed by atoms with Gasteiger partial charge in [0, 0.05) is 20.8 Å². The van der Waals surface area contributed by atoms with Crippen LogP contribution in [0.5, 0.6) is 0 Å². The Morgan fingerprint density at radius 2 is 1.83 bits per heavy atom. The molecule has 3 nitrogen and oxygen atoms in total. The number of rotatable bonds is 8. The molecule has 0 aliphatic heterocycles. The van der Waals surface area contributed by atoms with Gasteiger partial charge in [-0.3, -0.25) is 0 Å². The Kier molecular flexibility index (Phi) is 9.26. The lowest BCUT2D eigenvalue weighted by molar-refractivity contribution is -0.0527. The number of unbranched alkanes of at least 4 members (excludes halogenated alkanes) is 2. The minimum atomic E-state index is -0.188. The molecule has 0 rings (SSSR count). The van der Waals surface area contributed by atoms with Gasteiger partial charge in [-0.1, -0.05) is 19.8 Å². The standard InChI is InChI=1S/C8H18O3Si/c1-4-5-6-7-11-12-8(9-2)10-3/h8H,4-7H2,1-3H3. The summed E-state index contributed by atoms with van der Waals surface area (Å²) in [6.07, 6.45) is 3.59. The van der Waals surface area contributed by atoms with Gasteiger partial charge in [-0.15, -0.1) is 0 Å². The van der Waals surface area contributed by atoms with Crippen LogP contribution in [0, 0.1) is 0 Å². The third kappa shape index (κ3) is 6.79. The summed E-state index contributed by atoms with van der Waals surface area (Å²) < 4.78 is 15.3. The summed E-state index contributed by atoms with van der Waals surface area (Å²) in [6, 6.07) is 0. The average Bonchev–Trinajstić information content (AvgIpc) is 2.11. The molecule has 0 saturated heterocycles. The lowest BCUT2D eigenvalue weighted by Crippen LogP contribution is -2.24. The quantitative estimate of drug-likeness (QED) is 0.329. The number of hydrogen-bond acceptors (Lipinski definition) is 3. The molecule has 0 aliphatic rings. The molecule has 0 N–H and O–H groups in total. The average molecular weight is 190 g/mol. The van der Waals surface area contributed by atoms with Crippen LogP contribution in [0.25, 0.3) is 0 Å². The van der Waals surface area contributed by atoms with Crippen molar-refractivity contribution >= 4 is 9.76 Å². The van der Waals surface area contributed by atoms with Crippen molar-refractivity contribution in [3.8, 4) is 0 Å². The van der Waals surface area contributed by atoms with Crippen LogP contribution >= 0.6 is 0 Å². The van der Waals surface area contributed by atoms with Gasteiger partial charge < -0.3 is 13.9 Å². The number of hydrogen-bond donors (Lipinski definition) is 0. The first-order valence-electron chi connectivity index (χ1n) is 4.28. The van der Waals surface area contributed by atoms with E-state index in [4.69, 9.17) is 13.9 Å². The van der Waals surface area contributed by atoms with Crippen molar-refractivity contribution in [1.29, 1.82) is 0 Å². The molecule has 4 heteroatoms. The zero-order chi connectivity index (χ0) is 9.23. The third-order valence-corrected chi connectivity index (χ3v) is 2.49. The monoisotopic (exact) mass is 190 g/mol. The first-order valence-corrected chi connectivity index (χ1v) is 5.26. The predicted molar refractivity (Wildman–Crippen MR) is 49.0 cm³/mol. The summed E-state index contributed by atoms with van der Waals surface area (Å²) in [5.74, 6) is -0.188. The van der Waals surface area contributed by atoms with Gasteiger partial charge in [0.1, 0.15) is 0 Å². The van der Waals surface area contributed by atoms with Crippen LogP contribution in [-0.4, -0.2) is 36.5 Å². The Labute approximate surface area is 77.3 Å². The Balaban J connectivity index is 3.06. The van der Waals surface area contributed by atoms with Crippen molar-refractivity contribution in [2.24, 2.45) is 0 Å². The van der Waals surface area contributed by atoms with Crippen molar-refractivity contribution in [2.45, 2.75) is 32.1 Å². The second-order valence-corrected chi connectivity index (χ2v) is 3.47. The van der Waals surface area contributed by atoms with Crippen LogP contribution in [0.1, 0.15) is 26.2 Å². The van der Waals surface area contributed by atoms with E-state index in [0.29, 0.717) is 9.76 Å². The maximum atomic E-state index is 5.36. The SMILES string of the molecule is CCCCCO[Si]C(OC)OC. The highest BCUT2D eigenvalue weighted by Crippen LogP contribution is 1.95. The molecule has 12 heavy (non-hydrogen) atoms. The van der Waals surface area contributed by atoms with Gasteiger partial charge >= 0.3 is 0 Å². The Morgan fingerprint density at radius 1 is 1.17 bits per heavy atom. The molecule has 0 amide bonds. The molecular weight excluding hydrogens is 172 g/mol. The minimum absolute atomic E-state index is 0.188. The first-order chi connectivity index (χ1) is 5.85. The smallest absolute Gasteiger partial charge is 0.299 e. The van der Waals surface area contributed by atoms with Crippen molar-refractivity contribution in [1.82, 2.24) is 0 Å². The molecule has 0 aliphatic carbocycles. The molecule has 0 saturated carbocycles. The van der Waals surface area contributed by atoms with Gasteiger partial charge in [0.2, 0.25) is 0 Å². The van der Waals surface area contributed by atoms with Crippen molar-refractivity contribution in [3.63, 3.8) is 0 Å². The van der Waals surface area contributed by atoms with Crippen LogP contribution < -0.4 is 0 Å². The maximum Gasteiger partial charge on any atom is 0.299 e. The van der Waals surface area contributed by atoms with E-state index in [-0.39, 0.29) is 5.91 Å². The van der Waals surface area contributed by atoms with Gasteiger partial charge in [-0.25, -0.2) is 0 Å². The third-order valence-electron chi connectivity index (χ3n) is 1.46. The minimum Gasteiger partial charge on any atom is -0.412 e. The highest BCUT2D eigenvalue weighted by atomic mass is 28.2. The van der Waals surface area contributed by atoms with Crippen molar-refractivity contribution in [2.75, 3.05) is 20.8 Å². The van der Waals surface area contributed by atoms with E-state index in [2.05, 4.69) is 6.92 Å². The predicted octanol–water partition coefficient (Wildman–Crippen LogP) is 1.39. The van der Waals surface area contributed by atoms with Gasteiger partial charge in [0.15, 0.2) is 5.91 Å². The van der Waals surface area contributed by atoms with E-state index in [1.54, 1.807) is 14.2 Å². The lowest BCUT2D eigenvalue weighted by atomic mass is 10.3. The van der Waals surface area contributed by atoms with Crippen LogP contribution in [0.4, 0.5) is 0 Å². The fraction of sp³-hybridized carbons (Fsp3) is 1.00. The number of ether oxygens (including phenoxy) is 2. The zero-order valence-electron chi connectivity index (χ0n) is 8.13. The van der Waals surface area contributed by atoms with Gasteiger partial charge in [-0.2, -0.15) is 0 Å². The second kappa shape index (κ2) is 9.19. The van der Waals surface area contributed by atoms with E-state index < -0.39 is 0 Å². The van der Waals surface area contributed by atoms with E-state index in [9.17, 15) is 0 Å². The van der Waals surface area contributed by atoms with Crippen LogP contribution in [-0.2, 0) is 13.9 Å². The van der Waals surface area contributed by atoms with E-state index in [0.717, 1.165) is 13.0 Å². The van der Waals surface area contributed by atoms with Gasteiger partial charge in [0.25, 0.3) is 9.76 Å². The van der Waals surface area contributed by atoms with E-state index in [1.165, 1.54) is 12.8 Å². The molecular formula is C8H18O3Si. The topological polar surface area (TPSA) is 27.7 Å². The number of methoxy groups -OCH3 is 2. The molecule has 0 unspecified atom stereocenters.